The van der Waals surface area contributed by atoms with Crippen molar-refractivity contribution < 1.29 is 17.5 Å². The molecule has 158 valence electrons. The van der Waals surface area contributed by atoms with Crippen LogP contribution in [0.3, 0.4) is 0 Å². The molecular weight excluding hydrogens is 421 g/mol. The Morgan fingerprint density at radius 3 is 2.35 bits per heavy atom. The first-order chi connectivity index (χ1) is 14.8. The number of halogens is 1. The van der Waals surface area contributed by atoms with Crippen LogP contribution in [0.2, 0.25) is 0 Å². The molecule has 2 heterocycles. The summed E-state index contributed by atoms with van der Waals surface area (Å²) in [6.45, 7) is 3.83. The van der Waals surface area contributed by atoms with Crippen LogP contribution in [-0.2, 0) is 10.0 Å². The summed E-state index contributed by atoms with van der Waals surface area (Å²) in [5.74, 6) is 0.664. The van der Waals surface area contributed by atoms with Crippen molar-refractivity contribution in [2.24, 2.45) is 0 Å². The molecule has 2 aromatic carbocycles. The SMILES string of the molecule is Cc1cc(C)n(-c2ccc(Oc3ccc(NS(=O)(=O)c4cccc(F)c4)cc3)nn2)n1. The standard InChI is InChI=1S/C21H18FN5O3S/c1-14-12-15(2)27(25-14)20-10-11-21(24-23-20)30-18-8-6-17(7-9-18)26-31(28,29)19-5-3-4-16(22)13-19/h3-13,26H,1-2H3. The summed E-state index contributed by atoms with van der Waals surface area (Å²) in [5, 5.41) is 12.5. The smallest absolute Gasteiger partial charge is 0.261 e. The molecule has 0 saturated heterocycles. The first-order valence-corrected chi connectivity index (χ1v) is 10.7. The molecule has 0 fully saturated rings. The highest BCUT2D eigenvalue weighted by Crippen LogP contribution is 2.23. The van der Waals surface area contributed by atoms with Crippen LogP contribution in [0.25, 0.3) is 5.82 Å². The third-order valence-electron chi connectivity index (χ3n) is 4.29. The van der Waals surface area contributed by atoms with Gasteiger partial charge >= 0.3 is 0 Å². The van der Waals surface area contributed by atoms with E-state index in [4.69, 9.17) is 4.74 Å². The Kier molecular flexibility index (Phi) is 5.38. The molecule has 31 heavy (non-hydrogen) atoms. The molecule has 0 radical (unpaired) electrons. The van der Waals surface area contributed by atoms with Crippen molar-refractivity contribution in [3.05, 3.63) is 83.9 Å². The Bertz CT molecular complexity index is 1320. The number of hydrogen-bond donors (Lipinski definition) is 1. The molecule has 0 amide bonds. The number of rotatable bonds is 6. The zero-order valence-corrected chi connectivity index (χ0v) is 17.5. The van der Waals surface area contributed by atoms with Crippen molar-refractivity contribution in [1.29, 1.82) is 0 Å². The van der Waals surface area contributed by atoms with Gasteiger partial charge in [-0.2, -0.15) is 5.10 Å². The van der Waals surface area contributed by atoms with E-state index in [1.165, 1.54) is 30.3 Å². The summed E-state index contributed by atoms with van der Waals surface area (Å²) in [7, 11) is -3.90. The van der Waals surface area contributed by atoms with Crippen LogP contribution in [0.1, 0.15) is 11.4 Å². The van der Waals surface area contributed by atoms with Crippen molar-refractivity contribution in [2.75, 3.05) is 4.72 Å². The van der Waals surface area contributed by atoms with E-state index in [-0.39, 0.29) is 10.8 Å². The number of aryl methyl sites for hydroxylation is 2. The van der Waals surface area contributed by atoms with Gasteiger partial charge in [-0.1, -0.05) is 6.07 Å². The molecule has 1 N–H and O–H groups in total. The van der Waals surface area contributed by atoms with Gasteiger partial charge in [-0.05, 0) is 68.4 Å². The molecular formula is C21H18FN5O3S. The van der Waals surface area contributed by atoms with Gasteiger partial charge in [-0.25, -0.2) is 17.5 Å². The lowest BCUT2D eigenvalue weighted by Crippen LogP contribution is -2.13. The molecule has 4 aromatic rings. The zero-order chi connectivity index (χ0) is 22.0. The number of nitrogens with one attached hydrogen (secondary N) is 1. The molecule has 0 spiro atoms. The minimum atomic E-state index is -3.90. The molecule has 0 bridgehead atoms. The largest absolute Gasteiger partial charge is 0.438 e. The van der Waals surface area contributed by atoms with E-state index in [1.54, 1.807) is 28.9 Å². The van der Waals surface area contributed by atoms with E-state index >= 15 is 0 Å². The van der Waals surface area contributed by atoms with E-state index < -0.39 is 15.8 Å². The minimum Gasteiger partial charge on any atom is -0.438 e. The summed E-state index contributed by atoms with van der Waals surface area (Å²) >= 11 is 0. The fraction of sp³-hybridized carbons (Fsp3) is 0.0952. The highest BCUT2D eigenvalue weighted by Gasteiger charge is 2.15. The van der Waals surface area contributed by atoms with Gasteiger partial charge in [0.15, 0.2) is 5.82 Å². The molecule has 2 aromatic heterocycles. The number of nitrogens with zero attached hydrogens (tertiary/aromatic N) is 4. The van der Waals surface area contributed by atoms with E-state index in [0.29, 0.717) is 17.3 Å². The average Bonchev–Trinajstić information content (AvgIpc) is 3.08. The van der Waals surface area contributed by atoms with Gasteiger partial charge in [0, 0.05) is 17.4 Å². The van der Waals surface area contributed by atoms with Crippen LogP contribution >= 0.6 is 0 Å². The highest BCUT2D eigenvalue weighted by molar-refractivity contribution is 7.92. The van der Waals surface area contributed by atoms with Gasteiger partial charge in [0.2, 0.25) is 5.88 Å². The summed E-state index contributed by atoms with van der Waals surface area (Å²) < 4.78 is 47.8. The number of hydrogen-bond acceptors (Lipinski definition) is 6. The maximum atomic E-state index is 13.3. The Morgan fingerprint density at radius 2 is 1.74 bits per heavy atom. The molecule has 8 nitrogen and oxygen atoms in total. The van der Waals surface area contributed by atoms with Crippen molar-refractivity contribution in [3.63, 3.8) is 0 Å². The van der Waals surface area contributed by atoms with Gasteiger partial charge in [0.05, 0.1) is 10.6 Å². The van der Waals surface area contributed by atoms with Gasteiger partial charge in [-0.15, -0.1) is 10.2 Å². The lowest BCUT2D eigenvalue weighted by atomic mass is 10.3. The topological polar surface area (TPSA) is 99.0 Å². The molecule has 0 atom stereocenters. The van der Waals surface area contributed by atoms with E-state index in [0.717, 1.165) is 17.5 Å². The summed E-state index contributed by atoms with van der Waals surface area (Å²) in [6, 6.07) is 16.4. The predicted molar refractivity (Wildman–Crippen MR) is 112 cm³/mol. The second-order valence-corrected chi connectivity index (χ2v) is 8.44. The normalized spacial score (nSPS) is 11.3. The van der Waals surface area contributed by atoms with Gasteiger partial charge in [0.25, 0.3) is 10.0 Å². The van der Waals surface area contributed by atoms with Crippen LogP contribution < -0.4 is 9.46 Å². The molecule has 0 saturated carbocycles. The maximum Gasteiger partial charge on any atom is 0.261 e. The zero-order valence-electron chi connectivity index (χ0n) is 16.7. The number of anilines is 1. The summed E-state index contributed by atoms with van der Waals surface area (Å²) in [4.78, 5) is -0.161. The predicted octanol–water partition coefficient (Wildman–Crippen LogP) is 4.01. The van der Waals surface area contributed by atoms with Crippen molar-refractivity contribution in [2.45, 2.75) is 18.7 Å². The number of ether oxygens (including phenoxy) is 1. The molecule has 4 rings (SSSR count). The van der Waals surface area contributed by atoms with Crippen LogP contribution in [0.4, 0.5) is 10.1 Å². The molecule has 0 aliphatic heterocycles. The van der Waals surface area contributed by atoms with E-state index in [2.05, 4.69) is 20.0 Å². The number of benzene rings is 2. The third kappa shape index (κ3) is 4.69. The quantitative estimate of drug-likeness (QED) is 0.487. The van der Waals surface area contributed by atoms with Gasteiger partial charge < -0.3 is 4.74 Å². The van der Waals surface area contributed by atoms with Crippen molar-refractivity contribution in [1.82, 2.24) is 20.0 Å². The molecule has 0 unspecified atom stereocenters. The highest BCUT2D eigenvalue weighted by atomic mass is 32.2. The van der Waals surface area contributed by atoms with Gasteiger partial charge in [-0.3, -0.25) is 4.72 Å². The van der Waals surface area contributed by atoms with Crippen LogP contribution in [0, 0.1) is 19.7 Å². The van der Waals surface area contributed by atoms with Crippen LogP contribution in [0.5, 0.6) is 11.6 Å². The average molecular weight is 439 g/mol. The lowest BCUT2D eigenvalue weighted by molar-refractivity contribution is 0.454. The fourth-order valence-corrected chi connectivity index (χ4v) is 3.99. The van der Waals surface area contributed by atoms with E-state index in [1.807, 2.05) is 19.9 Å². The molecule has 0 aliphatic rings. The summed E-state index contributed by atoms with van der Waals surface area (Å²) in [6.07, 6.45) is 0. The second-order valence-electron chi connectivity index (χ2n) is 6.76. The van der Waals surface area contributed by atoms with Crippen LogP contribution in [0.15, 0.2) is 71.6 Å². The van der Waals surface area contributed by atoms with Crippen molar-refractivity contribution in [3.8, 4) is 17.4 Å². The first kappa shape index (κ1) is 20.5. The van der Waals surface area contributed by atoms with Crippen molar-refractivity contribution >= 4 is 15.7 Å². The fourth-order valence-electron chi connectivity index (χ4n) is 2.90. The first-order valence-electron chi connectivity index (χ1n) is 9.24. The Hall–Kier alpha value is -3.79. The number of sulfonamides is 1. The lowest BCUT2D eigenvalue weighted by Gasteiger charge is -2.09. The Balaban J connectivity index is 1.44. The molecule has 10 heteroatoms. The van der Waals surface area contributed by atoms with Gasteiger partial charge in [0.1, 0.15) is 11.6 Å². The van der Waals surface area contributed by atoms with E-state index in [9.17, 15) is 12.8 Å². The van der Waals surface area contributed by atoms with Crippen LogP contribution in [-0.4, -0.2) is 28.4 Å². The minimum absolute atomic E-state index is 0.161. The Morgan fingerprint density at radius 1 is 0.968 bits per heavy atom. The second kappa shape index (κ2) is 8.15. The molecule has 0 aliphatic carbocycles. The monoisotopic (exact) mass is 439 g/mol. The maximum absolute atomic E-state index is 13.3. The Labute approximate surface area is 178 Å². The number of aromatic nitrogens is 4. The third-order valence-corrected chi connectivity index (χ3v) is 5.67. The summed E-state index contributed by atoms with van der Waals surface area (Å²) in [5.41, 5.74) is 2.13.